The van der Waals surface area contributed by atoms with Crippen LogP contribution in [0.1, 0.15) is 26.3 Å². The van der Waals surface area contributed by atoms with Gasteiger partial charge in [0, 0.05) is 12.5 Å². The van der Waals surface area contributed by atoms with Gasteiger partial charge in [0.25, 0.3) is 0 Å². The largest absolute Gasteiger partial charge is 0.314 e. The van der Waals surface area contributed by atoms with Crippen LogP contribution >= 0.6 is 0 Å². The Labute approximate surface area is 96.3 Å². The molecule has 0 heterocycles. The summed E-state index contributed by atoms with van der Waals surface area (Å²) < 4.78 is 0. The summed E-state index contributed by atoms with van der Waals surface area (Å²) in [7, 11) is 1.70. The van der Waals surface area contributed by atoms with Gasteiger partial charge in [-0.1, -0.05) is 32.9 Å². The SMILES string of the molecule is CN(C(=O)C(C)(C)C)c1ccccc1C#N. The van der Waals surface area contributed by atoms with Crippen LogP contribution in [-0.4, -0.2) is 13.0 Å². The monoisotopic (exact) mass is 216 g/mol. The van der Waals surface area contributed by atoms with Crippen LogP contribution in [-0.2, 0) is 4.79 Å². The molecule has 1 rings (SSSR count). The minimum Gasteiger partial charge on any atom is -0.314 e. The van der Waals surface area contributed by atoms with Gasteiger partial charge in [0.05, 0.1) is 11.3 Å². The molecule has 0 fully saturated rings. The van der Waals surface area contributed by atoms with Gasteiger partial charge in [0.2, 0.25) is 5.91 Å². The van der Waals surface area contributed by atoms with E-state index in [-0.39, 0.29) is 5.91 Å². The van der Waals surface area contributed by atoms with Crippen molar-refractivity contribution in [3.8, 4) is 6.07 Å². The van der Waals surface area contributed by atoms with E-state index in [0.717, 1.165) is 0 Å². The molecular weight excluding hydrogens is 200 g/mol. The van der Waals surface area contributed by atoms with Gasteiger partial charge in [-0.3, -0.25) is 4.79 Å². The standard InChI is InChI=1S/C13H16N2O/c1-13(2,3)12(16)15(4)11-8-6-5-7-10(11)9-14/h5-8H,1-4H3. The lowest BCUT2D eigenvalue weighted by atomic mass is 9.94. The van der Waals surface area contributed by atoms with Gasteiger partial charge >= 0.3 is 0 Å². The predicted octanol–water partition coefficient (Wildman–Crippen LogP) is 2.57. The minimum atomic E-state index is -0.447. The third-order valence-corrected chi connectivity index (χ3v) is 2.33. The van der Waals surface area contributed by atoms with Gasteiger partial charge in [-0.2, -0.15) is 5.26 Å². The molecule has 3 heteroatoms. The second kappa shape index (κ2) is 4.36. The van der Waals surface area contributed by atoms with Crippen molar-refractivity contribution in [2.45, 2.75) is 20.8 Å². The Balaban J connectivity index is 3.11. The topological polar surface area (TPSA) is 44.1 Å². The molecule has 0 spiro atoms. The molecule has 16 heavy (non-hydrogen) atoms. The molecule has 0 saturated heterocycles. The highest BCUT2D eigenvalue weighted by atomic mass is 16.2. The Morgan fingerprint density at radius 3 is 2.38 bits per heavy atom. The Morgan fingerprint density at radius 2 is 1.88 bits per heavy atom. The highest BCUT2D eigenvalue weighted by molar-refractivity contribution is 5.97. The second-order valence-corrected chi connectivity index (χ2v) is 4.74. The van der Waals surface area contributed by atoms with Crippen LogP contribution < -0.4 is 4.90 Å². The molecule has 3 nitrogen and oxygen atoms in total. The summed E-state index contributed by atoms with van der Waals surface area (Å²) in [5, 5.41) is 8.96. The average Bonchev–Trinajstić information content (AvgIpc) is 2.25. The maximum atomic E-state index is 12.0. The van der Waals surface area contributed by atoms with E-state index >= 15 is 0 Å². The Morgan fingerprint density at radius 1 is 1.31 bits per heavy atom. The van der Waals surface area contributed by atoms with Crippen molar-refractivity contribution in [3.63, 3.8) is 0 Å². The Hall–Kier alpha value is -1.82. The summed E-state index contributed by atoms with van der Waals surface area (Å²) in [6, 6.07) is 9.19. The number of para-hydroxylation sites is 1. The zero-order valence-corrected chi connectivity index (χ0v) is 10.1. The number of anilines is 1. The molecule has 1 aromatic carbocycles. The molecule has 84 valence electrons. The Kier molecular flexibility index (Phi) is 3.34. The summed E-state index contributed by atoms with van der Waals surface area (Å²) in [6.07, 6.45) is 0. The first-order chi connectivity index (χ1) is 7.38. The number of amides is 1. The molecule has 0 aliphatic heterocycles. The molecular formula is C13H16N2O. The Bertz CT molecular complexity index is 438. The van der Waals surface area contributed by atoms with Gasteiger partial charge in [-0.25, -0.2) is 0 Å². The first-order valence-electron chi connectivity index (χ1n) is 5.15. The molecule has 0 aliphatic rings. The normalized spacial score (nSPS) is 10.7. The van der Waals surface area contributed by atoms with E-state index in [9.17, 15) is 4.79 Å². The summed E-state index contributed by atoms with van der Waals surface area (Å²) >= 11 is 0. The van der Waals surface area contributed by atoms with Crippen molar-refractivity contribution in [1.29, 1.82) is 5.26 Å². The van der Waals surface area contributed by atoms with Crippen LogP contribution in [0, 0.1) is 16.7 Å². The number of nitriles is 1. The fourth-order valence-electron chi connectivity index (χ4n) is 1.47. The summed E-state index contributed by atoms with van der Waals surface area (Å²) in [5.41, 5.74) is 0.727. The van der Waals surface area contributed by atoms with Gasteiger partial charge in [0.15, 0.2) is 0 Å². The van der Waals surface area contributed by atoms with Crippen LogP contribution in [0.25, 0.3) is 0 Å². The molecule has 0 aliphatic carbocycles. The summed E-state index contributed by atoms with van der Waals surface area (Å²) in [5.74, 6) is -0.00444. The van der Waals surface area contributed by atoms with E-state index in [4.69, 9.17) is 5.26 Å². The van der Waals surface area contributed by atoms with E-state index in [0.29, 0.717) is 11.3 Å². The van der Waals surface area contributed by atoms with Crippen molar-refractivity contribution in [2.24, 2.45) is 5.41 Å². The minimum absolute atomic E-state index is 0.00444. The molecule has 1 aromatic rings. The summed E-state index contributed by atoms with van der Waals surface area (Å²) in [4.78, 5) is 13.6. The average molecular weight is 216 g/mol. The maximum absolute atomic E-state index is 12.0. The smallest absolute Gasteiger partial charge is 0.232 e. The quantitative estimate of drug-likeness (QED) is 0.724. The van der Waals surface area contributed by atoms with E-state index in [1.165, 1.54) is 0 Å². The van der Waals surface area contributed by atoms with E-state index < -0.39 is 5.41 Å². The van der Waals surface area contributed by atoms with Gasteiger partial charge in [0.1, 0.15) is 6.07 Å². The lowest BCUT2D eigenvalue weighted by Gasteiger charge is -2.26. The van der Waals surface area contributed by atoms with Crippen molar-refractivity contribution in [1.82, 2.24) is 0 Å². The predicted molar refractivity (Wildman–Crippen MR) is 64.0 cm³/mol. The number of hydrogen-bond donors (Lipinski definition) is 0. The fourth-order valence-corrected chi connectivity index (χ4v) is 1.47. The fraction of sp³-hybridized carbons (Fsp3) is 0.385. The lowest BCUT2D eigenvalue weighted by molar-refractivity contribution is -0.125. The van der Waals surface area contributed by atoms with Gasteiger partial charge < -0.3 is 4.90 Å². The lowest BCUT2D eigenvalue weighted by Crippen LogP contribution is -2.37. The molecule has 0 saturated carbocycles. The third-order valence-electron chi connectivity index (χ3n) is 2.33. The number of rotatable bonds is 1. The van der Waals surface area contributed by atoms with Crippen molar-refractivity contribution in [3.05, 3.63) is 29.8 Å². The first kappa shape index (κ1) is 12.3. The number of hydrogen-bond acceptors (Lipinski definition) is 2. The number of carbonyl (C=O) groups is 1. The second-order valence-electron chi connectivity index (χ2n) is 4.74. The molecule has 0 unspecified atom stereocenters. The van der Waals surface area contributed by atoms with Gasteiger partial charge in [-0.05, 0) is 12.1 Å². The zero-order chi connectivity index (χ0) is 12.3. The molecule has 0 aromatic heterocycles. The molecule has 0 atom stereocenters. The van der Waals surface area contributed by atoms with E-state index in [1.54, 1.807) is 30.1 Å². The number of benzene rings is 1. The van der Waals surface area contributed by atoms with Crippen LogP contribution in [0.15, 0.2) is 24.3 Å². The molecule has 0 radical (unpaired) electrons. The first-order valence-corrected chi connectivity index (χ1v) is 5.15. The number of nitrogens with zero attached hydrogens (tertiary/aromatic N) is 2. The molecule has 0 N–H and O–H groups in total. The highest BCUT2D eigenvalue weighted by Crippen LogP contribution is 2.24. The van der Waals surface area contributed by atoms with E-state index in [2.05, 4.69) is 6.07 Å². The van der Waals surface area contributed by atoms with Crippen molar-refractivity contribution in [2.75, 3.05) is 11.9 Å². The van der Waals surface area contributed by atoms with Crippen LogP contribution in [0.2, 0.25) is 0 Å². The van der Waals surface area contributed by atoms with Crippen LogP contribution in [0.5, 0.6) is 0 Å². The van der Waals surface area contributed by atoms with Crippen LogP contribution in [0.3, 0.4) is 0 Å². The van der Waals surface area contributed by atoms with Crippen LogP contribution in [0.4, 0.5) is 5.69 Å². The zero-order valence-electron chi connectivity index (χ0n) is 10.1. The molecule has 0 bridgehead atoms. The summed E-state index contributed by atoms with van der Waals surface area (Å²) in [6.45, 7) is 5.59. The maximum Gasteiger partial charge on any atom is 0.232 e. The van der Waals surface area contributed by atoms with Gasteiger partial charge in [-0.15, -0.1) is 0 Å². The highest BCUT2D eigenvalue weighted by Gasteiger charge is 2.26. The van der Waals surface area contributed by atoms with Crippen molar-refractivity contribution < 1.29 is 4.79 Å². The van der Waals surface area contributed by atoms with E-state index in [1.807, 2.05) is 26.8 Å². The number of carbonyl (C=O) groups excluding carboxylic acids is 1. The third kappa shape index (κ3) is 2.40. The molecule has 1 amide bonds. The van der Waals surface area contributed by atoms with Crippen molar-refractivity contribution >= 4 is 11.6 Å².